The van der Waals surface area contributed by atoms with Crippen molar-refractivity contribution in [1.29, 1.82) is 0 Å². The van der Waals surface area contributed by atoms with Crippen LogP contribution in [0.1, 0.15) is 24.4 Å². The predicted octanol–water partition coefficient (Wildman–Crippen LogP) is 1.62. The van der Waals surface area contributed by atoms with Gasteiger partial charge in [-0.25, -0.2) is 0 Å². The first-order valence-corrected chi connectivity index (χ1v) is 8.54. The van der Waals surface area contributed by atoms with Gasteiger partial charge in [-0.2, -0.15) is 5.10 Å². The summed E-state index contributed by atoms with van der Waals surface area (Å²) in [6.07, 6.45) is 4.36. The van der Waals surface area contributed by atoms with E-state index >= 15 is 0 Å². The van der Waals surface area contributed by atoms with Gasteiger partial charge < -0.3 is 14.6 Å². The molecular formula is C14H23ClN6OS. The summed E-state index contributed by atoms with van der Waals surface area (Å²) in [6, 6.07) is 2.03. The van der Waals surface area contributed by atoms with Crippen molar-refractivity contribution in [2.75, 3.05) is 13.7 Å². The molecule has 9 heteroatoms. The number of nitrogens with one attached hydrogen (secondary N) is 1. The van der Waals surface area contributed by atoms with Gasteiger partial charge in [0, 0.05) is 31.3 Å². The Bertz CT molecular complexity index is 610. The summed E-state index contributed by atoms with van der Waals surface area (Å²) in [7, 11) is 3.88. The lowest BCUT2D eigenvalue weighted by molar-refractivity contribution is 0.0941. The number of hydrogen-bond acceptors (Lipinski definition) is 6. The highest BCUT2D eigenvalue weighted by Gasteiger charge is 2.20. The molecule has 1 aliphatic heterocycles. The first-order valence-electron chi connectivity index (χ1n) is 7.56. The number of ether oxygens (including phenoxy) is 1. The Balaban J connectivity index is 0.00000192. The fourth-order valence-electron chi connectivity index (χ4n) is 2.57. The molecule has 3 heterocycles. The normalized spacial score (nSPS) is 17.4. The average Bonchev–Trinajstić information content (AvgIpc) is 3.22. The summed E-state index contributed by atoms with van der Waals surface area (Å²) in [6.45, 7) is 2.41. The summed E-state index contributed by atoms with van der Waals surface area (Å²) in [5.41, 5.74) is 1.17. The Morgan fingerprint density at radius 3 is 2.96 bits per heavy atom. The maximum absolute atomic E-state index is 5.76. The third-order valence-corrected chi connectivity index (χ3v) is 4.81. The molecule has 0 bridgehead atoms. The van der Waals surface area contributed by atoms with Gasteiger partial charge >= 0.3 is 0 Å². The average molecular weight is 359 g/mol. The van der Waals surface area contributed by atoms with Crippen molar-refractivity contribution in [1.82, 2.24) is 29.9 Å². The van der Waals surface area contributed by atoms with Crippen LogP contribution in [0.4, 0.5) is 0 Å². The molecule has 1 unspecified atom stereocenters. The molecule has 0 radical (unpaired) electrons. The first kappa shape index (κ1) is 18.3. The Kier molecular flexibility index (Phi) is 6.88. The van der Waals surface area contributed by atoms with E-state index in [4.69, 9.17) is 4.74 Å². The van der Waals surface area contributed by atoms with Gasteiger partial charge in [-0.1, -0.05) is 11.8 Å². The summed E-state index contributed by atoms with van der Waals surface area (Å²) in [5.74, 6) is 1.80. The molecule has 23 heavy (non-hydrogen) atoms. The van der Waals surface area contributed by atoms with E-state index in [1.807, 2.05) is 31.0 Å². The Labute approximate surface area is 146 Å². The van der Waals surface area contributed by atoms with Gasteiger partial charge in [-0.15, -0.1) is 22.6 Å². The van der Waals surface area contributed by atoms with Crippen LogP contribution in [0.25, 0.3) is 0 Å². The lowest BCUT2D eigenvalue weighted by Crippen LogP contribution is -2.20. The molecule has 0 amide bonds. The lowest BCUT2D eigenvalue weighted by atomic mass is 10.2. The minimum absolute atomic E-state index is 0. The molecule has 3 rings (SSSR count). The topological polar surface area (TPSA) is 69.8 Å². The Morgan fingerprint density at radius 1 is 1.43 bits per heavy atom. The monoisotopic (exact) mass is 358 g/mol. The van der Waals surface area contributed by atoms with Crippen LogP contribution in [0.15, 0.2) is 17.4 Å². The van der Waals surface area contributed by atoms with Crippen molar-refractivity contribution in [3.05, 3.63) is 23.8 Å². The molecular weight excluding hydrogens is 336 g/mol. The molecule has 7 nitrogen and oxygen atoms in total. The fraction of sp³-hybridized carbons (Fsp3) is 0.643. The van der Waals surface area contributed by atoms with Crippen LogP contribution in [-0.4, -0.2) is 44.3 Å². The molecule has 128 valence electrons. The van der Waals surface area contributed by atoms with E-state index in [0.29, 0.717) is 6.54 Å². The van der Waals surface area contributed by atoms with E-state index in [1.54, 1.807) is 11.8 Å². The van der Waals surface area contributed by atoms with Crippen LogP contribution in [0.5, 0.6) is 0 Å². The van der Waals surface area contributed by atoms with E-state index in [0.717, 1.165) is 42.7 Å². The quantitative estimate of drug-likeness (QED) is 0.758. The number of aryl methyl sites for hydroxylation is 1. The molecule has 0 saturated carbocycles. The number of aromatic nitrogens is 5. The third kappa shape index (κ3) is 4.47. The third-order valence-electron chi connectivity index (χ3n) is 3.81. The van der Waals surface area contributed by atoms with Crippen LogP contribution in [0, 0.1) is 0 Å². The SMILES string of the molecule is CNCc1nnc(SCc2ccnn2C)n1CC1CCCO1.Cl. The second-order valence-electron chi connectivity index (χ2n) is 5.41. The molecule has 1 fully saturated rings. The van der Waals surface area contributed by atoms with Gasteiger partial charge in [0.2, 0.25) is 0 Å². The highest BCUT2D eigenvalue weighted by molar-refractivity contribution is 7.98. The highest BCUT2D eigenvalue weighted by Crippen LogP contribution is 2.24. The molecule has 2 aromatic heterocycles. The van der Waals surface area contributed by atoms with Crippen LogP contribution in [0.3, 0.4) is 0 Å². The Hall–Kier alpha value is -1.09. The van der Waals surface area contributed by atoms with Crippen molar-refractivity contribution < 1.29 is 4.74 Å². The molecule has 1 atom stereocenters. The van der Waals surface area contributed by atoms with Gasteiger partial charge in [0.15, 0.2) is 5.16 Å². The van der Waals surface area contributed by atoms with Crippen LogP contribution < -0.4 is 5.32 Å². The van der Waals surface area contributed by atoms with Crippen LogP contribution >= 0.6 is 24.2 Å². The molecule has 1 aliphatic rings. The predicted molar refractivity (Wildman–Crippen MR) is 91.8 cm³/mol. The zero-order valence-electron chi connectivity index (χ0n) is 13.4. The number of rotatable bonds is 7. The standard InChI is InChI=1S/C14H22N6OS.ClH/c1-15-8-13-17-18-14(20(13)9-12-4-3-7-21-12)22-10-11-5-6-16-19(11)2;/h5-6,12,15H,3-4,7-10H2,1-2H3;1H. The van der Waals surface area contributed by atoms with Gasteiger partial charge in [-0.05, 0) is 26.0 Å². The smallest absolute Gasteiger partial charge is 0.191 e. The van der Waals surface area contributed by atoms with Crippen molar-refractivity contribution in [2.24, 2.45) is 7.05 Å². The first-order chi connectivity index (χ1) is 10.8. The lowest BCUT2D eigenvalue weighted by Gasteiger charge is -2.14. The van der Waals surface area contributed by atoms with E-state index in [1.165, 1.54) is 5.69 Å². The maximum Gasteiger partial charge on any atom is 0.191 e. The maximum atomic E-state index is 5.76. The van der Waals surface area contributed by atoms with Gasteiger partial charge in [0.05, 0.1) is 19.2 Å². The van der Waals surface area contributed by atoms with Gasteiger partial charge in [-0.3, -0.25) is 4.68 Å². The van der Waals surface area contributed by atoms with E-state index < -0.39 is 0 Å². The van der Waals surface area contributed by atoms with Gasteiger partial charge in [0.25, 0.3) is 0 Å². The van der Waals surface area contributed by atoms with Crippen LogP contribution in [-0.2, 0) is 30.6 Å². The van der Waals surface area contributed by atoms with Crippen molar-refractivity contribution in [2.45, 2.75) is 42.9 Å². The molecule has 0 aromatic carbocycles. The highest BCUT2D eigenvalue weighted by atomic mass is 35.5. The number of halogens is 1. The minimum atomic E-state index is 0. The van der Waals surface area contributed by atoms with E-state index in [-0.39, 0.29) is 18.5 Å². The van der Waals surface area contributed by atoms with Crippen molar-refractivity contribution >= 4 is 24.2 Å². The molecule has 1 saturated heterocycles. The summed E-state index contributed by atoms with van der Waals surface area (Å²) < 4.78 is 9.84. The fourth-order valence-corrected chi connectivity index (χ4v) is 3.57. The van der Waals surface area contributed by atoms with Crippen LogP contribution in [0.2, 0.25) is 0 Å². The Morgan fingerprint density at radius 2 is 2.30 bits per heavy atom. The second-order valence-corrected chi connectivity index (χ2v) is 6.35. The van der Waals surface area contributed by atoms with Gasteiger partial charge in [0.1, 0.15) is 5.82 Å². The molecule has 2 aromatic rings. The summed E-state index contributed by atoms with van der Waals surface area (Å²) in [5, 5.41) is 17.0. The molecule has 0 aliphatic carbocycles. The van der Waals surface area contributed by atoms with Crippen molar-refractivity contribution in [3.63, 3.8) is 0 Å². The minimum Gasteiger partial charge on any atom is -0.376 e. The number of hydrogen-bond donors (Lipinski definition) is 1. The zero-order chi connectivity index (χ0) is 15.4. The molecule has 1 N–H and O–H groups in total. The van der Waals surface area contributed by atoms with Crippen molar-refractivity contribution in [3.8, 4) is 0 Å². The number of nitrogens with zero attached hydrogens (tertiary/aromatic N) is 5. The second kappa shape index (κ2) is 8.68. The largest absolute Gasteiger partial charge is 0.376 e. The number of thioether (sulfide) groups is 1. The summed E-state index contributed by atoms with van der Waals surface area (Å²) in [4.78, 5) is 0. The van der Waals surface area contributed by atoms with E-state index in [2.05, 4.69) is 25.2 Å². The summed E-state index contributed by atoms with van der Waals surface area (Å²) >= 11 is 1.69. The zero-order valence-corrected chi connectivity index (χ0v) is 15.1. The van der Waals surface area contributed by atoms with E-state index in [9.17, 15) is 0 Å². The molecule has 0 spiro atoms.